The van der Waals surface area contributed by atoms with Crippen LogP contribution in [0, 0.1) is 0 Å². The Morgan fingerprint density at radius 2 is 2.44 bits per heavy atom. The van der Waals surface area contributed by atoms with Crippen LogP contribution in [0.25, 0.3) is 0 Å². The van der Waals surface area contributed by atoms with Crippen molar-refractivity contribution < 1.29 is 4.74 Å². The van der Waals surface area contributed by atoms with E-state index < -0.39 is 0 Å². The van der Waals surface area contributed by atoms with Gasteiger partial charge in [0.25, 0.3) is 0 Å². The molecular weight excluding hydrogens is 228 g/mol. The van der Waals surface area contributed by atoms with Crippen LogP contribution in [0.2, 0.25) is 0 Å². The molecule has 3 atom stereocenters. The molecule has 0 radical (unpaired) electrons. The first-order valence-electron chi connectivity index (χ1n) is 6.73. The molecule has 0 bridgehead atoms. The van der Waals surface area contributed by atoms with E-state index >= 15 is 0 Å². The van der Waals surface area contributed by atoms with Gasteiger partial charge in [0.15, 0.2) is 0 Å². The maximum absolute atomic E-state index is 5.95. The highest BCUT2D eigenvalue weighted by Crippen LogP contribution is 2.26. The zero-order chi connectivity index (χ0) is 13.1. The molecule has 18 heavy (non-hydrogen) atoms. The molecule has 5 heteroatoms. The lowest BCUT2D eigenvalue weighted by atomic mass is 10.0. The van der Waals surface area contributed by atoms with E-state index in [1.54, 1.807) is 0 Å². The minimum absolute atomic E-state index is 0.222. The molecule has 0 aromatic carbocycles. The lowest BCUT2D eigenvalue weighted by Gasteiger charge is -2.33. The molecule has 1 aromatic heterocycles. The zero-order valence-corrected chi connectivity index (χ0v) is 11.5. The molecular formula is C13H24N4O. The Balaban J connectivity index is 2.12. The summed E-state index contributed by atoms with van der Waals surface area (Å²) >= 11 is 0. The molecule has 2 heterocycles. The third-order valence-corrected chi connectivity index (χ3v) is 3.94. The van der Waals surface area contributed by atoms with Crippen molar-refractivity contribution in [3.05, 3.63) is 18.0 Å². The summed E-state index contributed by atoms with van der Waals surface area (Å²) < 4.78 is 7.59. The van der Waals surface area contributed by atoms with Gasteiger partial charge in [-0.3, -0.25) is 9.58 Å². The van der Waals surface area contributed by atoms with Crippen molar-refractivity contribution in [2.24, 2.45) is 5.73 Å². The second kappa shape index (κ2) is 5.82. The van der Waals surface area contributed by atoms with Crippen molar-refractivity contribution in [1.29, 1.82) is 0 Å². The van der Waals surface area contributed by atoms with Crippen molar-refractivity contribution in [3.63, 3.8) is 0 Å². The third-order valence-electron chi connectivity index (χ3n) is 3.94. The van der Waals surface area contributed by atoms with Gasteiger partial charge >= 0.3 is 0 Å². The van der Waals surface area contributed by atoms with E-state index in [2.05, 4.69) is 37.1 Å². The van der Waals surface area contributed by atoms with Crippen molar-refractivity contribution in [2.75, 3.05) is 20.2 Å². The monoisotopic (exact) mass is 252 g/mol. The van der Waals surface area contributed by atoms with E-state index in [4.69, 9.17) is 10.5 Å². The molecule has 0 aliphatic carbocycles. The number of hydrogen-bond acceptors (Lipinski definition) is 4. The first kappa shape index (κ1) is 13.5. The van der Waals surface area contributed by atoms with Crippen molar-refractivity contribution >= 4 is 0 Å². The van der Waals surface area contributed by atoms with E-state index in [9.17, 15) is 0 Å². The summed E-state index contributed by atoms with van der Waals surface area (Å²) in [4.78, 5) is 2.34. The highest BCUT2D eigenvalue weighted by molar-refractivity contribution is 5.12. The number of rotatable bonds is 5. The highest BCUT2D eigenvalue weighted by Gasteiger charge is 2.32. The van der Waals surface area contributed by atoms with Crippen LogP contribution in [-0.4, -0.2) is 47.0 Å². The van der Waals surface area contributed by atoms with E-state index in [1.165, 1.54) is 5.56 Å². The van der Waals surface area contributed by atoms with Gasteiger partial charge in [-0.05, 0) is 27.3 Å². The molecule has 102 valence electrons. The predicted octanol–water partition coefficient (Wildman–Crippen LogP) is 1.01. The van der Waals surface area contributed by atoms with E-state index in [-0.39, 0.29) is 12.1 Å². The quantitative estimate of drug-likeness (QED) is 0.850. The molecule has 2 N–H and O–H groups in total. The van der Waals surface area contributed by atoms with Gasteiger partial charge in [-0.15, -0.1) is 0 Å². The van der Waals surface area contributed by atoms with Crippen molar-refractivity contribution in [2.45, 2.75) is 45.0 Å². The fraction of sp³-hybridized carbons (Fsp3) is 0.769. The molecule has 3 unspecified atom stereocenters. The van der Waals surface area contributed by atoms with Gasteiger partial charge in [0, 0.05) is 37.5 Å². The Morgan fingerprint density at radius 1 is 1.67 bits per heavy atom. The molecule has 2 rings (SSSR count). The summed E-state index contributed by atoms with van der Waals surface area (Å²) in [5.41, 5.74) is 7.15. The molecule has 0 saturated carbocycles. The normalized spacial score (nSPS) is 25.8. The maximum Gasteiger partial charge on any atom is 0.0703 e. The topological polar surface area (TPSA) is 56.3 Å². The predicted molar refractivity (Wildman–Crippen MR) is 71.3 cm³/mol. The zero-order valence-electron chi connectivity index (χ0n) is 11.5. The Hall–Kier alpha value is -0.910. The van der Waals surface area contributed by atoms with Crippen LogP contribution in [0.4, 0.5) is 0 Å². The van der Waals surface area contributed by atoms with Gasteiger partial charge in [-0.25, -0.2) is 0 Å². The van der Waals surface area contributed by atoms with E-state index in [1.807, 2.05) is 10.9 Å². The molecule has 1 aliphatic heterocycles. The van der Waals surface area contributed by atoms with Gasteiger partial charge in [0.05, 0.1) is 18.3 Å². The van der Waals surface area contributed by atoms with Crippen LogP contribution in [0.1, 0.15) is 31.9 Å². The van der Waals surface area contributed by atoms with Gasteiger partial charge < -0.3 is 10.5 Å². The summed E-state index contributed by atoms with van der Waals surface area (Å²) in [7, 11) is 2.14. The Kier molecular flexibility index (Phi) is 4.37. The summed E-state index contributed by atoms with van der Waals surface area (Å²) in [5, 5.41) is 4.33. The van der Waals surface area contributed by atoms with Crippen LogP contribution >= 0.6 is 0 Å². The number of ether oxygens (including phenoxy) is 1. The maximum atomic E-state index is 5.95. The second-order valence-electron chi connectivity index (χ2n) is 4.98. The summed E-state index contributed by atoms with van der Waals surface area (Å²) in [6.07, 6.45) is 5.38. The summed E-state index contributed by atoms with van der Waals surface area (Å²) in [6, 6.07) is 0.669. The van der Waals surface area contributed by atoms with Crippen molar-refractivity contribution in [3.8, 4) is 0 Å². The van der Waals surface area contributed by atoms with Gasteiger partial charge in [0.1, 0.15) is 0 Å². The molecule has 1 saturated heterocycles. The number of nitrogens with two attached hydrogens (primary N) is 1. The third kappa shape index (κ3) is 2.58. The molecule has 1 fully saturated rings. The minimum atomic E-state index is 0.222. The number of aromatic nitrogens is 2. The van der Waals surface area contributed by atoms with Crippen LogP contribution in [0.5, 0.6) is 0 Å². The Bertz CT molecular complexity index is 379. The highest BCUT2D eigenvalue weighted by atomic mass is 16.5. The van der Waals surface area contributed by atoms with E-state index in [0.717, 1.165) is 19.6 Å². The van der Waals surface area contributed by atoms with Crippen molar-refractivity contribution in [1.82, 2.24) is 14.7 Å². The lowest BCUT2D eigenvalue weighted by Crippen LogP contribution is -2.41. The molecule has 0 amide bonds. The van der Waals surface area contributed by atoms with E-state index in [0.29, 0.717) is 12.6 Å². The van der Waals surface area contributed by atoms with Gasteiger partial charge in [-0.2, -0.15) is 5.10 Å². The van der Waals surface area contributed by atoms with Crippen LogP contribution < -0.4 is 5.73 Å². The standard InChI is InChI=1S/C13H24N4O/c1-4-17-9-11(8-15-17)13(7-14)16(3)12-5-6-18-10(12)2/h8-10,12-13H,4-7,14H2,1-3H3. The van der Waals surface area contributed by atoms with Crippen LogP contribution in [0.15, 0.2) is 12.4 Å². The minimum Gasteiger partial charge on any atom is -0.377 e. The number of nitrogens with zero attached hydrogens (tertiary/aromatic N) is 3. The van der Waals surface area contributed by atoms with Crippen LogP contribution in [0.3, 0.4) is 0 Å². The smallest absolute Gasteiger partial charge is 0.0703 e. The first-order chi connectivity index (χ1) is 8.67. The van der Waals surface area contributed by atoms with Gasteiger partial charge in [0.2, 0.25) is 0 Å². The SMILES string of the molecule is CCn1cc(C(CN)N(C)C2CCOC2C)cn1. The summed E-state index contributed by atoms with van der Waals surface area (Å²) in [5.74, 6) is 0. The fourth-order valence-corrected chi connectivity index (χ4v) is 2.75. The fourth-order valence-electron chi connectivity index (χ4n) is 2.75. The summed E-state index contributed by atoms with van der Waals surface area (Å²) in [6.45, 7) is 6.57. The van der Waals surface area contributed by atoms with Crippen LogP contribution in [-0.2, 0) is 11.3 Å². The Morgan fingerprint density at radius 3 is 2.94 bits per heavy atom. The average Bonchev–Trinajstić information content (AvgIpc) is 2.98. The molecule has 1 aromatic rings. The Labute approximate surface area is 109 Å². The lowest BCUT2D eigenvalue weighted by molar-refractivity contribution is 0.0686. The van der Waals surface area contributed by atoms with Gasteiger partial charge in [-0.1, -0.05) is 0 Å². The molecule has 0 spiro atoms. The second-order valence-corrected chi connectivity index (χ2v) is 4.98. The average molecular weight is 252 g/mol. The number of aryl methyl sites for hydroxylation is 1. The molecule has 1 aliphatic rings. The number of likely N-dealkylation sites (N-methyl/N-ethyl adjacent to an activating group) is 1. The largest absolute Gasteiger partial charge is 0.377 e. The first-order valence-corrected chi connectivity index (χ1v) is 6.73. The number of hydrogen-bond donors (Lipinski definition) is 1. The molecule has 5 nitrogen and oxygen atoms in total.